The number of hydrogen-bond acceptors (Lipinski definition) is 2. The minimum absolute atomic E-state index is 0.0131. The molecule has 0 radical (unpaired) electrons. The zero-order valence-corrected chi connectivity index (χ0v) is 11.1. The minimum atomic E-state index is -0.0806. The number of carbonyl (C=O) groups excluding carboxylic acids is 2. The van der Waals surface area contributed by atoms with E-state index in [4.69, 9.17) is 0 Å². The van der Waals surface area contributed by atoms with Crippen molar-refractivity contribution in [2.75, 3.05) is 6.54 Å². The molecule has 1 aliphatic rings. The quantitative estimate of drug-likeness (QED) is 0.873. The van der Waals surface area contributed by atoms with Crippen molar-refractivity contribution in [3.8, 4) is 0 Å². The molecule has 2 aromatic rings. The molecule has 2 amide bonds. The number of piperidine rings is 1. The molecule has 1 unspecified atom stereocenters. The van der Waals surface area contributed by atoms with Crippen LogP contribution in [0.15, 0.2) is 42.5 Å². The highest BCUT2D eigenvalue weighted by Gasteiger charge is 2.20. The summed E-state index contributed by atoms with van der Waals surface area (Å²) in [6.45, 7) is 0.509. The summed E-state index contributed by atoms with van der Waals surface area (Å²) in [5.74, 6) is -0.0244. The molecule has 1 heterocycles. The molecule has 1 atom stereocenters. The number of carbonyl (C=O) groups is 2. The summed E-state index contributed by atoms with van der Waals surface area (Å²) < 4.78 is 0. The second-order valence-electron chi connectivity index (χ2n) is 5.04. The van der Waals surface area contributed by atoms with Gasteiger partial charge >= 0.3 is 0 Å². The first-order chi connectivity index (χ1) is 9.74. The highest BCUT2D eigenvalue weighted by molar-refractivity contribution is 6.07. The van der Waals surface area contributed by atoms with Crippen LogP contribution in [-0.2, 0) is 4.79 Å². The van der Waals surface area contributed by atoms with Gasteiger partial charge < -0.3 is 10.6 Å². The first-order valence-electron chi connectivity index (χ1n) is 6.79. The van der Waals surface area contributed by atoms with Crippen LogP contribution in [-0.4, -0.2) is 24.4 Å². The van der Waals surface area contributed by atoms with Gasteiger partial charge in [0.25, 0.3) is 5.91 Å². The summed E-state index contributed by atoms with van der Waals surface area (Å²) in [6, 6.07) is 13.6. The standard InChI is InChI=1S/C16H16N2O2/c19-15-9-8-12(10-17-15)18-16(20)14-7-3-5-11-4-1-2-6-13(11)14/h1-7,12H,8-10H2,(H,17,19)(H,18,20). The molecule has 3 rings (SSSR count). The summed E-state index contributed by atoms with van der Waals surface area (Å²) in [7, 11) is 0. The molecule has 0 spiro atoms. The van der Waals surface area contributed by atoms with Gasteiger partial charge in [0, 0.05) is 24.6 Å². The molecular formula is C16H16N2O2. The zero-order valence-electron chi connectivity index (χ0n) is 11.1. The van der Waals surface area contributed by atoms with Gasteiger partial charge in [-0.2, -0.15) is 0 Å². The second kappa shape index (κ2) is 5.33. The van der Waals surface area contributed by atoms with E-state index in [1.165, 1.54) is 0 Å². The Hall–Kier alpha value is -2.36. The number of fused-ring (bicyclic) bond motifs is 1. The summed E-state index contributed by atoms with van der Waals surface area (Å²) >= 11 is 0. The van der Waals surface area contributed by atoms with E-state index in [0.29, 0.717) is 24.9 Å². The number of nitrogens with one attached hydrogen (secondary N) is 2. The van der Waals surface area contributed by atoms with E-state index in [2.05, 4.69) is 10.6 Å². The predicted octanol–water partition coefficient (Wildman–Crippen LogP) is 1.85. The topological polar surface area (TPSA) is 58.2 Å². The normalized spacial score (nSPS) is 18.6. The summed E-state index contributed by atoms with van der Waals surface area (Å²) in [6.07, 6.45) is 1.17. The number of hydrogen-bond donors (Lipinski definition) is 2. The Bertz CT molecular complexity index is 651. The van der Waals surface area contributed by atoms with E-state index >= 15 is 0 Å². The lowest BCUT2D eigenvalue weighted by Gasteiger charge is -2.23. The Labute approximate surface area is 117 Å². The lowest BCUT2D eigenvalue weighted by Crippen LogP contribution is -2.47. The molecule has 4 heteroatoms. The third kappa shape index (κ3) is 2.50. The zero-order chi connectivity index (χ0) is 13.9. The van der Waals surface area contributed by atoms with Gasteiger partial charge in [0.2, 0.25) is 5.91 Å². The van der Waals surface area contributed by atoms with Gasteiger partial charge in [-0.05, 0) is 23.3 Å². The maximum Gasteiger partial charge on any atom is 0.252 e. The van der Waals surface area contributed by atoms with Gasteiger partial charge in [0.05, 0.1) is 0 Å². The number of amides is 2. The fourth-order valence-electron chi connectivity index (χ4n) is 2.54. The van der Waals surface area contributed by atoms with Crippen molar-refractivity contribution in [2.45, 2.75) is 18.9 Å². The van der Waals surface area contributed by atoms with Crippen LogP contribution in [0.1, 0.15) is 23.2 Å². The lowest BCUT2D eigenvalue weighted by molar-refractivity contribution is -0.122. The van der Waals surface area contributed by atoms with Crippen molar-refractivity contribution in [3.05, 3.63) is 48.0 Å². The van der Waals surface area contributed by atoms with Crippen molar-refractivity contribution in [1.82, 2.24) is 10.6 Å². The van der Waals surface area contributed by atoms with Crippen LogP contribution in [0.2, 0.25) is 0 Å². The highest BCUT2D eigenvalue weighted by Crippen LogP contribution is 2.18. The largest absolute Gasteiger partial charge is 0.354 e. The molecule has 1 aliphatic heterocycles. The Morgan fingerprint density at radius 3 is 2.75 bits per heavy atom. The number of benzene rings is 2. The first-order valence-corrected chi connectivity index (χ1v) is 6.79. The SMILES string of the molecule is O=C1CCC(NC(=O)c2cccc3ccccc23)CN1. The van der Waals surface area contributed by atoms with E-state index in [-0.39, 0.29) is 17.9 Å². The van der Waals surface area contributed by atoms with Crippen LogP contribution in [0.4, 0.5) is 0 Å². The van der Waals surface area contributed by atoms with Gasteiger partial charge in [-0.25, -0.2) is 0 Å². The highest BCUT2D eigenvalue weighted by atomic mass is 16.2. The molecule has 4 nitrogen and oxygen atoms in total. The maximum atomic E-state index is 12.4. The van der Waals surface area contributed by atoms with Crippen LogP contribution in [0.5, 0.6) is 0 Å². The van der Waals surface area contributed by atoms with Crippen molar-refractivity contribution in [2.24, 2.45) is 0 Å². The Morgan fingerprint density at radius 1 is 1.15 bits per heavy atom. The minimum Gasteiger partial charge on any atom is -0.354 e. The molecule has 102 valence electrons. The fraction of sp³-hybridized carbons (Fsp3) is 0.250. The third-order valence-corrected chi connectivity index (χ3v) is 3.63. The van der Waals surface area contributed by atoms with E-state index in [1.54, 1.807) is 0 Å². The van der Waals surface area contributed by atoms with Crippen molar-refractivity contribution < 1.29 is 9.59 Å². The smallest absolute Gasteiger partial charge is 0.252 e. The van der Waals surface area contributed by atoms with Crippen LogP contribution in [0.25, 0.3) is 10.8 Å². The third-order valence-electron chi connectivity index (χ3n) is 3.63. The van der Waals surface area contributed by atoms with E-state index in [1.807, 2.05) is 42.5 Å². The van der Waals surface area contributed by atoms with Crippen molar-refractivity contribution in [3.63, 3.8) is 0 Å². The van der Waals surface area contributed by atoms with Crippen LogP contribution in [0, 0.1) is 0 Å². The monoisotopic (exact) mass is 268 g/mol. The molecule has 0 saturated carbocycles. The Morgan fingerprint density at radius 2 is 1.95 bits per heavy atom. The van der Waals surface area contributed by atoms with Gasteiger partial charge in [-0.3, -0.25) is 9.59 Å². The Balaban J connectivity index is 1.80. The summed E-state index contributed by atoms with van der Waals surface area (Å²) in [4.78, 5) is 23.5. The predicted molar refractivity (Wildman–Crippen MR) is 77.4 cm³/mol. The molecule has 20 heavy (non-hydrogen) atoms. The molecule has 2 N–H and O–H groups in total. The molecule has 1 fully saturated rings. The van der Waals surface area contributed by atoms with Gasteiger partial charge in [0.1, 0.15) is 0 Å². The van der Waals surface area contributed by atoms with E-state index in [9.17, 15) is 9.59 Å². The van der Waals surface area contributed by atoms with Crippen LogP contribution < -0.4 is 10.6 Å². The fourth-order valence-corrected chi connectivity index (χ4v) is 2.54. The first kappa shape index (κ1) is 12.7. The van der Waals surface area contributed by atoms with Gasteiger partial charge in [0.15, 0.2) is 0 Å². The van der Waals surface area contributed by atoms with E-state index < -0.39 is 0 Å². The average Bonchev–Trinajstić information content (AvgIpc) is 2.49. The molecule has 0 aromatic heterocycles. The molecule has 0 aliphatic carbocycles. The molecule has 1 saturated heterocycles. The summed E-state index contributed by atoms with van der Waals surface area (Å²) in [5.41, 5.74) is 0.681. The molecule has 2 aromatic carbocycles. The molecule has 0 bridgehead atoms. The van der Waals surface area contributed by atoms with Crippen LogP contribution >= 0.6 is 0 Å². The van der Waals surface area contributed by atoms with Crippen LogP contribution in [0.3, 0.4) is 0 Å². The van der Waals surface area contributed by atoms with Crippen molar-refractivity contribution in [1.29, 1.82) is 0 Å². The van der Waals surface area contributed by atoms with Crippen molar-refractivity contribution >= 4 is 22.6 Å². The molecular weight excluding hydrogens is 252 g/mol. The van der Waals surface area contributed by atoms with Gasteiger partial charge in [-0.15, -0.1) is 0 Å². The average molecular weight is 268 g/mol. The lowest BCUT2D eigenvalue weighted by atomic mass is 10.0. The second-order valence-corrected chi connectivity index (χ2v) is 5.04. The maximum absolute atomic E-state index is 12.4. The summed E-state index contributed by atoms with van der Waals surface area (Å²) in [5, 5.41) is 7.77. The number of rotatable bonds is 2. The van der Waals surface area contributed by atoms with E-state index in [0.717, 1.165) is 10.8 Å². The Kier molecular flexibility index (Phi) is 3.37. The van der Waals surface area contributed by atoms with Gasteiger partial charge in [-0.1, -0.05) is 36.4 Å².